The molecule has 4 aliphatic rings. The molecule has 0 spiro atoms. The number of fused-ring (bicyclic) bond motifs is 1. The van der Waals surface area contributed by atoms with Gasteiger partial charge >= 0.3 is 12.2 Å². The first-order chi connectivity index (χ1) is 22.1. The number of anilines is 1. The molecule has 10 nitrogen and oxygen atoms in total. The topological polar surface area (TPSA) is 102 Å². The Hall–Kier alpha value is -4.10. The van der Waals surface area contributed by atoms with E-state index in [2.05, 4.69) is 25.8 Å². The van der Waals surface area contributed by atoms with Crippen LogP contribution in [0.1, 0.15) is 43.4 Å². The van der Waals surface area contributed by atoms with E-state index < -0.39 is 23.5 Å². The van der Waals surface area contributed by atoms with Crippen LogP contribution >= 0.6 is 0 Å². The molecule has 6 rings (SSSR count). The molecular formula is C33H40F3N7O3. The smallest absolute Gasteiger partial charge is 0.363 e. The number of halogens is 3. The number of nitrogens with one attached hydrogen (secondary N) is 3. The van der Waals surface area contributed by atoms with Crippen LogP contribution in [0.3, 0.4) is 0 Å². The van der Waals surface area contributed by atoms with Gasteiger partial charge in [0.1, 0.15) is 5.70 Å². The average molecular weight is 640 g/mol. The molecule has 3 atom stereocenters. The third-order valence-corrected chi connectivity index (χ3v) is 9.19. The first-order valence-electron chi connectivity index (χ1n) is 15.9. The third kappa shape index (κ3) is 6.05. The second kappa shape index (κ2) is 13.0. The Labute approximate surface area is 266 Å². The number of urea groups is 1. The minimum absolute atomic E-state index is 0.0183. The summed E-state index contributed by atoms with van der Waals surface area (Å²) < 4.78 is 48.0. The van der Waals surface area contributed by atoms with E-state index in [-0.39, 0.29) is 36.8 Å². The molecule has 46 heavy (non-hydrogen) atoms. The van der Waals surface area contributed by atoms with Crippen LogP contribution in [0.25, 0.3) is 0 Å². The number of pyridine rings is 1. The van der Waals surface area contributed by atoms with Crippen LogP contribution in [0.2, 0.25) is 0 Å². The number of aromatic nitrogens is 1. The van der Waals surface area contributed by atoms with Crippen molar-refractivity contribution in [2.75, 3.05) is 50.8 Å². The first-order valence-corrected chi connectivity index (χ1v) is 15.9. The summed E-state index contributed by atoms with van der Waals surface area (Å²) in [6.07, 6.45) is 4.43. The highest BCUT2D eigenvalue weighted by Gasteiger charge is 2.43. The number of carbonyl (C=O) groups excluding carboxylic acids is 2. The summed E-state index contributed by atoms with van der Waals surface area (Å²) in [5.74, 6) is -0.261. The number of allylic oxidation sites excluding steroid dienone is 1. The Morgan fingerprint density at radius 3 is 2.70 bits per heavy atom. The minimum Gasteiger partial charge on any atom is -0.363 e. The van der Waals surface area contributed by atoms with Crippen molar-refractivity contribution in [2.45, 2.75) is 57.1 Å². The second-order valence-corrected chi connectivity index (χ2v) is 12.0. The number of rotatable bonds is 7. The maximum Gasteiger partial charge on any atom is 0.418 e. The van der Waals surface area contributed by atoms with Crippen molar-refractivity contribution in [2.24, 2.45) is 0 Å². The molecule has 246 valence electrons. The molecule has 1 aromatic carbocycles. The van der Waals surface area contributed by atoms with E-state index in [9.17, 15) is 22.8 Å². The third-order valence-electron chi connectivity index (χ3n) is 9.19. The number of benzene rings is 1. The van der Waals surface area contributed by atoms with Crippen LogP contribution in [0.4, 0.5) is 23.7 Å². The van der Waals surface area contributed by atoms with Gasteiger partial charge in [-0.1, -0.05) is 25.1 Å². The Morgan fingerprint density at radius 1 is 1.15 bits per heavy atom. The molecule has 2 aromatic rings. The van der Waals surface area contributed by atoms with Crippen molar-refractivity contribution in [3.63, 3.8) is 0 Å². The Morgan fingerprint density at radius 2 is 2.00 bits per heavy atom. The number of piperazine rings is 1. The van der Waals surface area contributed by atoms with Crippen LogP contribution in [0.15, 0.2) is 66.3 Å². The van der Waals surface area contributed by atoms with Gasteiger partial charge in [-0.25, -0.2) is 4.79 Å². The number of para-hydroxylation sites is 1. The predicted molar refractivity (Wildman–Crippen MR) is 167 cm³/mol. The largest absolute Gasteiger partial charge is 0.418 e. The highest BCUT2D eigenvalue weighted by Crippen LogP contribution is 2.42. The highest BCUT2D eigenvalue weighted by molar-refractivity contribution is 5.96. The fourth-order valence-corrected chi connectivity index (χ4v) is 6.91. The summed E-state index contributed by atoms with van der Waals surface area (Å²) in [5.41, 5.74) is 0.348. The standard InChI is InChI=1S/C33H40F3N7O3/c1-3-25-21-41(31(45)43-16-12-22-7-5-9-26(29(22)43)33(34,35)36)17-18-42(25)27-10-13-32(46-4-2,23-8-6-14-37-19-23)40-28(27)30(44)39-24-11-15-38-20-24/h5-10,13-14,19,24-25,38,40H,3-4,11-12,15-18,20-21H2,1-2H3,(H,39,44)/t24-,25-,32?/m1/s1. The number of dihydropyridines is 1. The molecule has 0 aliphatic carbocycles. The molecule has 5 heterocycles. The number of carbonyl (C=O) groups is 2. The quantitative estimate of drug-likeness (QED) is 0.425. The van der Waals surface area contributed by atoms with Gasteiger partial charge in [0, 0.05) is 69.4 Å². The van der Waals surface area contributed by atoms with Gasteiger partial charge in [-0.05, 0) is 62.6 Å². The summed E-state index contributed by atoms with van der Waals surface area (Å²) in [7, 11) is 0. The lowest BCUT2D eigenvalue weighted by Crippen LogP contribution is -2.58. The lowest BCUT2D eigenvalue weighted by atomic mass is 9.97. The average Bonchev–Trinajstić information content (AvgIpc) is 3.74. The number of ether oxygens (including phenoxy) is 1. The molecule has 2 fully saturated rings. The van der Waals surface area contributed by atoms with Crippen molar-refractivity contribution in [1.82, 2.24) is 30.7 Å². The van der Waals surface area contributed by atoms with Crippen LogP contribution in [0, 0.1) is 0 Å². The van der Waals surface area contributed by atoms with Gasteiger partial charge in [0.05, 0.1) is 16.9 Å². The Bertz CT molecular complexity index is 1510. The number of amides is 3. The summed E-state index contributed by atoms with van der Waals surface area (Å²) >= 11 is 0. The maximum absolute atomic E-state index is 13.9. The highest BCUT2D eigenvalue weighted by atomic mass is 19.4. The van der Waals surface area contributed by atoms with E-state index in [4.69, 9.17) is 4.74 Å². The Kier molecular flexibility index (Phi) is 8.97. The number of hydrogen-bond donors (Lipinski definition) is 3. The lowest BCUT2D eigenvalue weighted by molar-refractivity contribution is -0.137. The minimum atomic E-state index is -4.57. The summed E-state index contributed by atoms with van der Waals surface area (Å²) in [6, 6.07) is 7.15. The fourth-order valence-electron chi connectivity index (χ4n) is 6.91. The summed E-state index contributed by atoms with van der Waals surface area (Å²) in [5, 5.41) is 9.86. The molecule has 3 N–H and O–H groups in total. The zero-order valence-electron chi connectivity index (χ0n) is 26.1. The van der Waals surface area contributed by atoms with Crippen molar-refractivity contribution in [3.8, 4) is 0 Å². The van der Waals surface area contributed by atoms with Crippen molar-refractivity contribution < 1.29 is 27.5 Å². The number of nitrogens with zero attached hydrogens (tertiary/aromatic N) is 4. The fraction of sp³-hybridized carbons (Fsp3) is 0.485. The van der Waals surface area contributed by atoms with Crippen LogP contribution in [-0.4, -0.2) is 84.7 Å². The monoisotopic (exact) mass is 639 g/mol. The van der Waals surface area contributed by atoms with E-state index in [1.165, 1.54) is 11.0 Å². The van der Waals surface area contributed by atoms with E-state index in [1.54, 1.807) is 23.4 Å². The zero-order valence-corrected chi connectivity index (χ0v) is 26.1. The first kappa shape index (κ1) is 31.9. The molecular weight excluding hydrogens is 599 g/mol. The van der Waals surface area contributed by atoms with Crippen molar-refractivity contribution in [1.29, 1.82) is 0 Å². The maximum atomic E-state index is 13.9. The molecule has 1 aromatic heterocycles. The van der Waals surface area contributed by atoms with E-state index in [0.717, 1.165) is 24.6 Å². The summed E-state index contributed by atoms with van der Waals surface area (Å²) in [4.78, 5) is 37.1. The van der Waals surface area contributed by atoms with Gasteiger partial charge in [0.25, 0.3) is 5.91 Å². The molecule has 2 saturated heterocycles. The van der Waals surface area contributed by atoms with Gasteiger partial charge in [-0.2, -0.15) is 13.2 Å². The Balaban J connectivity index is 1.28. The van der Waals surface area contributed by atoms with Gasteiger partial charge in [-0.3, -0.25) is 14.7 Å². The molecule has 0 bridgehead atoms. The SMILES string of the molecule is CCOC1(c2cccnc2)C=CC(N2CCN(C(=O)N3CCc4cccc(C(F)(F)F)c43)C[C@H]2CC)=C(C(=O)N[C@@H]2CCNC2)N1. The molecule has 3 amide bonds. The predicted octanol–water partition coefficient (Wildman–Crippen LogP) is 3.72. The molecule has 0 radical (unpaired) electrons. The molecule has 13 heteroatoms. The van der Waals surface area contributed by atoms with Gasteiger partial charge in [0.15, 0.2) is 5.72 Å². The normalized spacial score (nSPS) is 24.7. The van der Waals surface area contributed by atoms with E-state index >= 15 is 0 Å². The zero-order chi connectivity index (χ0) is 32.5. The lowest BCUT2D eigenvalue weighted by Gasteiger charge is -2.46. The number of alkyl halides is 3. The van der Waals surface area contributed by atoms with Crippen molar-refractivity contribution in [3.05, 3.63) is 83.0 Å². The van der Waals surface area contributed by atoms with Crippen LogP contribution < -0.4 is 20.9 Å². The van der Waals surface area contributed by atoms with E-state index in [1.807, 2.05) is 38.1 Å². The van der Waals surface area contributed by atoms with Crippen LogP contribution in [-0.2, 0) is 27.9 Å². The second-order valence-electron chi connectivity index (χ2n) is 12.0. The van der Waals surface area contributed by atoms with Crippen molar-refractivity contribution >= 4 is 17.6 Å². The number of hydrogen-bond acceptors (Lipinski definition) is 7. The van der Waals surface area contributed by atoms with E-state index in [0.29, 0.717) is 56.0 Å². The van der Waals surface area contributed by atoms with Gasteiger partial charge in [-0.15, -0.1) is 0 Å². The van der Waals surface area contributed by atoms with Gasteiger partial charge in [0.2, 0.25) is 0 Å². The van der Waals surface area contributed by atoms with Crippen LogP contribution in [0.5, 0.6) is 0 Å². The molecule has 1 unspecified atom stereocenters. The van der Waals surface area contributed by atoms with Gasteiger partial charge < -0.3 is 30.5 Å². The summed E-state index contributed by atoms with van der Waals surface area (Å²) in [6.45, 7) is 6.94. The molecule has 0 saturated carbocycles. The molecule has 4 aliphatic heterocycles.